The number of hydrogen-bond acceptors (Lipinski definition) is 5. The summed E-state index contributed by atoms with van der Waals surface area (Å²) in [5.74, 6) is 0.604. The van der Waals surface area contributed by atoms with Crippen LogP contribution in [0.25, 0.3) is 0 Å². The molecule has 1 aromatic heterocycles. The van der Waals surface area contributed by atoms with Crippen molar-refractivity contribution < 1.29 is 18.5 Å². The molecule has 1 amide bonds. The van der Waals surface area contributed by atoms with Gasteiger partial charge in [0.05, 0.1) is 10.5 Å². The van der Waals surface area contributed by atoms with Crippen LogP contribution in [0.1, 0.15) is 21.9 Å². The molecule has 0 spiro atoms. The minimum Gasteiger partial charge on any atom is -0.466 e. The van der Waals surface area contributed by atoms with Crippen molar-refractivity contribution in [2.75, 3.05) is 31.1 Å². The van der Waals surface area contributed by atoms with Crippen LogP contribution in [0.3, 0.4) is 0 Å². The van der Waals surface area contributed by atoms with Crippen LogP contribution in [0.2, 0.25) is 0 Å². The Morgan fingerprint density at radius 3 is 2.44 bits per heavy atom. The Balaban J connectivity index is 1.74. The summed E-state index contributed by atoms with van der Waals surface area (Å²) >= 11 is 0. The number of rotatable bonds is 3. The summed E-state index contributed by atoms with van der Waals surface area (Å²) in [6.07, 6.45) is 0. The van der Waals surface area contributed by atoms with Crippen molar-refractivity contribution in [3.05, 3.63) is 57.3 Å². The van der Waals surface area contributed by atoms with E-state index in [2.05, 4.69) is 0 Å². The topological polar surface area (TPSA) is 79.8 Å². The lowest BCUT2D eigenvalue weighted by Gasteiger charge is -2.35. The monoisotopic (exact) mass is 347 g/mol. The molecule has 1 fully saturated rings. The van der Waals surface area contributed by atoms with Crippen molar-refractivity contribution in [1.82, 2.24) is 4.90 Å². The number of nitro benzene ring substituents is 1. The van der Waals surface area contributed by atoms with E-state index in [4.69, 9.17) is 4.42 Å². The Morgan fingerprint density at radius 2 is 1.88 bits per heavy atom. The largest absolute Gasteiger partial charge is 0.466 e. The van der Waals surface area contributed by atoms with Crippen LogP contribution in [0.4, 0.5) is 15.8 Å². The molecule has 25 heavy (non-hydrogen) atoms. The van der Waals surface area contributed by atoms with E-state index in [-0.39, 0.29) is 17.3 Å². The molecular weight excluding hydrogens is 329 g/mol. The van der Waals surface area contributed by atoms with Gasteiger partial charge in [-0.25, -0.2) is 4.39 Å². The molecule has 2 aromatic rings. The standard InChI is InChI=1S/C17H18FN3O4/c1-11-9-14(12(2)25-11)17(22)20-7-5-19(6-8-20)16-10-13(18)3-4-15(16)21(23)24/h3-4,9-10H,5-8H2,1-2H3. The summed E-state index contributed by atoms with van der Waals surface area (Å²) < 4.78 is 18.9. The fraction of sp³-hybridized carbons (Fsp3) is 0.353. The second-order valence-electron chi connectivity index (χ2n) is 6.00. The highest BCUT2D eigenvalue weighted by atomic mass is 19.1. The summed E-state index contributed by atoms with van der Waals surface area (Å²) in [7, 11) is 0. The highest BCUT2D eigenvalue weighted by Crippen LogP contribution is 2.30. The van der Waals surface area contributed by atoms with Crippen molar-refractivity contribution in [3.8, 4) is 0 Å². The maximum absolute atomic E-state index is 13.5. The molecule has 132 valence electrons. The number of aryl methyl sites for hydroxylation is 2. The number of halogens is 1. The fourth-order valence-electron chi connectivity index (χ4n) is 3.07. The van der Waals surface area contributed by atoms with Crippen molar-refractivity contribution in [2.45, 2.75) is 13.8 Å². The van der Waals surface area contributed by atoms with Gasteiger partial charge in [0.25, 0.3) is 11.6 Å². The van der Waals surface area contributed by atoms with Gasteiger partial charge in [-0.15, -0.1) is 0 Å². The molecule has 1 saturated heterocycles. The van der Waals surface area contributed by atoms with Gasteiger partial charge < -0.3 is 14.2 Å². The summed E-state index contributed by atoms with van der Waals surface area (Å²) in [4.78, 5) is 26.6. The number of anilines is 1. The molecule has 0 N–H and O–H groups in total. The van der Waals surface area contributed by atoms with Crippen LogP contribution in [0.15, 0.2) is 28.7 Å². The van der Waals surface area contributed by atoms with Gasteiger partial charge >= 0.3 is 0 Å². The molecule has 0 saturated carbocycles. The van der Waals surface area contributed by atoms with Crippen LogP contribution in [0.5, 0.6) is 0 Å². The zero-order chi connectivity index (χ0) is 18.1. The molecule has 0 bridgehead atoms. The third-order valence-corrected chi connectivity index (χ3v) is 4.31. The average Bonchev–Trinajstić information content (AvgIpc) is 2.92. The molecule has 3 rings (SSSR count). The third kappa shape index (κ3) is 3.33. The minimum atomic E-state index is -0.524. The lowest BCUT2D eigenvalue weighted by molar-refractivity contribution is -0.384. The molecule has 1 aliphatic rings. The number of benzene rings is 1. The van der Waals surface area contributed by atoms with Crippen molar-refractivity contribution in [2.24, 2.45) is 0 Å². The third-order valence-electron chi connectivity index (χ3n) is 4.31. The summed E-state index contributed by atoms with van der Waals surface area (Å²) in [5.41, 5.74) is 0.637. The highest BCUT2D eigenvalue weighted by molar-refractivity contribution is 5.95. The number of furan rings is 1. The zero-order valence-corrected chi connectivity index (χ0v) is 14.0. The SMILES string of the molecule is Cc1cc(C(=O)N2CCN(c3cc(F)ccc3[N+](=O)[O-])CC2)c(C)o1. The molecule has 0 aliphatic carbocycles. The van der Waals surface area contributed by atoms with Crippen LogP contribution in [0, 0.1) is 29.8 Å². The molecule has 0 unspecified atom stereocenters. The molecule has 8 heteroatoms. The van der Waals surface area contributed by atoms with E-state index >= 15 is 0 Å². The fourth-order valence-corrected chi connectivity index (χ4v) is 3.07. The van der Waals surface area contributed by atoms with E-state index in [1.807, 2.05) is 0 Å². The number of amides is 1. The average molecular weight is 347 g/mol. The number of nitrogens with zero attached hydrogens (tertiary/aromatic N) is 3. The minimum absolute atomic E-state index is 0.122. The Hall–Kier alpha value is -2.90. The Bertz CT molecular complexity index is 825. The van der Waals surface area contributed by atoms with Crippen molar-refractivity contribution in [1.29, 1.82) is 0 Å². The van der Waals surface area contributed by atoms with E-state index in [1.165, 1.54) is 12.1 Å². The van der Waals surface area contributed by atoms with Gasteiger partial charge in [-0.1, -0.05) is 0 Å². The Morgan fingerprint density at radius 1 is 1.20 bits per heavy atom. The van der Waals surface area contributed by atoms with E-state index in [1.54, 1.807) is 29.7 Å². The second-order valence-corrected chi connectivity index (χ2v) is 6.00. The lowest BCUT2D eigenvalue weighted by atomic mass is 10.1. The second kappa shape index (κ2) is 6.54. The van der Waals surface area contributed by atoms with Crippen LogP contribution >= 0.6 is 0 Å². The number of hydrogen-bond donors (Lipinski definition) is 0. The van der Waals surface area contributed by atoms with Gasteiger partial charge in [-0.3, -0.25) is 14.9 Å². The summed E-state index contributed by atoms with van der Waals surface area (Å²) in [6.45, 7) is 5.11. The van der Waals surface area contributed by atoms with Gasteiger partial charge in [-0.05, 0) is 26.0 Å². The number of nitro groups is 1. The first-order valence-electron chi connectivity index (χ1n) is 7.92. The zero-order valence-electron chi connectivity index (χ0n) is 14.0. The molecule has 0 atom stereocenters. The maximum Gasteiger partial charge on any atom is 0.292 e. The van der Waals surface area contributed by atoms with Crippen molar-refractivity contribution >= 4 is 17.3 Å². The number of carbonyl (C=O) groups is 1. The normalized spacial score (nSPS) is 14.7. The molecular formula is C17H18FN3O4. The maximum atomic E-state index is 13.5. The Labute approximate surface area is 143 Å². The number of piperazine rings is 1. The molecule has 2 heterocycles. The van der Waals surface area contributed by atoms with E-state index in [0.29, 0.717) is 43.3 Å². The number of carbonyl (C=O) groups excluding carboxylic acids is 1. The van der Waals surface area contributed by atoms with E-state index < -0.39 is 10.7 Å². The Kier molecular flexibility index (Phi) is 4.43. The van der Waals surface area contributed by atoms with E-state index in [9.17, 15) is 19.3 Å². The van der Waals surface area contributed by atoms with Gasteiger partial charge in [0.2, 0.25) is 0 Å². The first kappa shape index (κ1) is 16.9. The van der Waals surface area contributed by atoms with Gasteiger partial charge in [0, 0.05) is 38.3 Å². The first-order chi connectivity index (χ1) is 11.9. The van der Waals surface area contributed by atoms with E-state index in [0.717, 1.165) is 6.07 Å². The summed E-state index contributed by atoms with van der Waals surface area (Å²) in [5, 5.41) is 11.2. The van der Waals surface area contributed by atoms with Crippen LogP contribution < -0.4 is 4.90 Å². The first-order valence-corrected chi connectivity index (χ1v) is 7.92. The van der Waals surface area contributed by atoms with Crippen LogP contribution in [-0.4, -0.2) is 41.9 Å². The van der Waals surface area contributed by atoms with Crippen molar-refractivity contribution in [3.63, 3.8) is 0 Å². The van der Waals surface area contributed by atoms with Gasteiger partial charge in [0.15, 0.2) is 0 Å². The van der Waals surface area contributed by atoms with Gasteiger partial charge in [0.1, 0.15) is 23.0 Å². The highest BCUT2D eigenvalue weighted by Gasteiger charge is 2.28. The predicted octanol–water partition coefficient (Wildman–Crippen LogP) is 2.91. The lowest BCUT2D eigenvalue weighted by Crippen LogP contribution is -2.49. The smallest absolute Gasteiger partial charge is 0.292 e. The molecule has 0 radical (unpaired) electrons. The molecule has 1 aliphatic heterocycles. The van der Waals surface area contributed by atoms with Crippen LogP contribution in [-0.2, 0) is 0 Å². The molecule has 1 aromatic carbocycles. The summed E-state index contributed by atoms with van der Waals surface area (Å²) in [6, 6.07) is 5.12. The van der Waals surface area contributed by atoms with Gasteiger partial charge in [-0.2, -0.15) is 0 Å². The molecule has 7 nitrogen and oxygen atoms in total. The quantitative estimate of drug-likeness (QED) is 0.630. The predicted molar refractivity (Wildman–Crippen MR) is 89.4 cm³/mol.